The summed E-state index contributed by atoms with van der Waals surface area (Å²) in [6.45, 7) is 1.99. The van der Waals surface area contributed by atoms with Gasteiger partial charge in [-0.3, -0.25) is 0 Å². The van der Waals surface area contributed by atoms with Crippen LogP contribution in [-0.2, 0) is 0 Å². The van der Waals surface area contributed by atoms with E-state index in [2.05, 4.69) is 10.6 Å². The van der Waals surface area contributed by atoms with Gasteiger partial charge < -0.3 is 15.7 Å². The molecule has 0 heterocycles. The highest BCUT2D eigenvalue weighted by Gasteiger charge is 2.24. The molecule has 0 aromatic heterocycles. The van der Waals surface area contributed by atoms with Crippen LogP contribution in [0.15, 0.2) is 18.2 Å². The van der Waals surface area contributed by atoms with Crippen molar-refractivity contribution in [2.75, 3.05) is 6.54 Å². The van der Waals surface area contributed by atoms with Crippen LogP contribution in [0.25, 0.3) is 0 Å². The second-order valence-electron chi connectivity index (χ2n) is 5.88. The zero-order valence-electron chi connectivity index (χ0n) is 12.6. The molecule has 3 unspecified atom stereocenters. The lowest BCUT2D eigenvalue weighted by atomic mass is 9.93. The van der Waals surface area contributed by atoms with Gasteiger partial charge in [-0.2, -0.15) is 0 Å². The summed E-state index contributed by atoms with van der Waals surface area (Å²) in [4.78, 5) is 11.8. The molecule has 1 saturated carbocycles. The van der Waals surface area contributed by atoms with Crippen molar-refractivity contribution in [1.29, 1.82) is 0 Å². The van der Waals surface area contributed by atoms with E-state index >= 15 is 0 Å². The molecule has 3 N–H and O–H groups in total. The lowest BCUT2D eigenvalue weighted by molar-refractivity contribution is 0.0943. The Morgan fingerprint density at radius 3 is 2.77 bits per heavy atom. The first-order valence-corrected chi connectivity index (χ1v) is 7.64. The third-order valence-electron chi connectivity index (χ3n) is 4.11. The van der Waals surface area contributed by atoms with Crippen molar-refractivity contribution in [3.63, 3.8) is 0 Å². The van der Waals surface area contributed by atoms with E-state index in [1.807, 2.05) is 0 Å². The molecule has 0 radical (unpaired) electrons. The second-order valence-corrected chi connectivity index (χ2v) is 5.88. The lowest BCUT2D eigenvalue weighted by Crippen LogP contribution is -2.49. The number of halogens is 2. The maximum absolute atomic E-state index is 13.6. The van der Waals surface area contributed by atoms with Crippen molar-refractivity contribution >= 4 is 6.03 Å². The maximum Gasteiger partial charge on any atom is 0.315 e. The molecular formula is C16H22F2N2O2. The normalized spacial score (nSPS) is 22.9. The molecule has 0 spiro atoms. The van der Waals surface area contributed by atoms with E-state index in [0.29, 0.717) is 12.0 Å². The Bertz CT molecular complexity index is 525. The minimum atomic E-state index is -0.620. The number of nitrogens with one attached hydrogen (secondary N) is 2. The second kappa shape index (κ2) is 7.54. The van der Waals surface area contributed by atoms with Crippen LogP contribution in [0.2, 0.25) is 0 Å². The summed E-state index contributed by atoms with van der Waals surface area (Å²) in [6.07, 6.45) is 2.91. The van der Waals surface area contributed by atoms with Crippen molar-refractivity contribution in [1.82, 2.24) is 10.6 Å². The first kappa shape index (κ1) is 16.7. The molecule has 1 aromatic carbocycles. The van der Waals surface area contributed by atoms with E-state index in [1.54, 1.807) is 6.92 Å². The first-order valence-electron chi connectivity index (χ1n) is 7.64. The number of carbonyl (C=O) groups excluding carboxylic acids is 1. The van der Waals surface area contributed by atoms with E-state index in [4.69, 9.17) is 0 Å². The smallest absolute Gasteiger partial charge is 0.315 e. The molecule has 122 valence electrons. The number of carbonyl (C=O) groups is 1. The van der Waals surface area contributed by atoms with Gasteiger partial charge in [-0.1, -0.05) is 25.8 Å². The average molecular weight is 312 g/mol. The molecule has 22 heavy (non-hydrogen) atoms. The molecule has 1 aliphatic rings. The van der Waals surface area contributed by atoms with Gasteiger partial charge in [-0.25, -0.2) is 13.6 Å². The molecule has 6 heteroatoms. The fourth-order valence-corrected chi connectivity index (χ4v) is 2.76. The molecule has 2 rings (SSSR count). The SMILES string of the molecule is CC(CNC(=O)NC1CCCCC1O)c1ccc(F)cc1F. The predicted molar refractivity (Wildman–Crippen MR) is 79.6 cm³/mol. The van der Waals surface area contributed by atoms with E-state index in [9.17, 15) is 18.7 Å². The van der Waals surface area contributed by atoms with E-state index in [-0.39, 0.29) is 24.5 Å². The van der Waals surface area contributed by atoms with E-state index in [0.717, 1.165) is 25.3 Å². The van der Waals surface area contributed by atoms with Gasteiger partial charge in [0.25, 0.3) is 0 Å². The summed E-state index contributed by atoms with van der Waals surface area (Å²) in [5, 5.41) is 15.2. The number of amides is 2. The predicted octanol–water partition coefficient (Wildman–Crippen LogP) is 2.67. The first-order chi connectivity index (χ1) is 10.5. The zero-order chi connectivity index (χ0) is 16.1. The van der Waals surface area contributed by atoms with Gasteiger partial charge in [-0.15, -0.1) is 0 Å². The van der Waals surface area contributed by atoms with Crippen LogP contribution >= 0.6 is 0 Å². The van der Waals surface area contributed by atoms with Crippen LogP contribution in [0, 0.1) is 11.6 Å². The van der Waals surface area contributed by atoms with Gasteiger partial charge in [0.15, 0.2) is 0 Å². The van der Waals surface area contributed by atoms with Crippen molar-refractivity contribution in [2.24, 2.45) is 0 Å². The quantitative estimate of drug-likeness (QED) is 0.800. The summed E-state index contributed by atoms with van der Waals surface area (Å²) < 4.78 is 26.5. The van der Waals surface area contributed by atoms with E-state index < -0.39 is 17.7 Å². The largest absolute Gasteiger partial charge is 0.391 e. The average Bonchev–Trinajstić information content (AvgIpc) is 2.47. The number of urea groups is 1. The summed E-state index contributed by atoms with van der Waals surface area (Å²) in [5.41, 5.74) is 0.361. The minimum Gasteiger partial charge on any atom is -0.391 e. The number of hydrogen-bond acceptors (Lipinski definition) is 2. The Kier molecular flexibility index (Phi) is 5.71. The van der Waals surface area contributed by atoms with E-state index in [1.165, 1.54) is 12.1 Å². The molecule has 1 aliphatic carbocycles. The van der Waals surface area contributed by atoms with Crippen LogP contribution in [0.4, 0.5) is 13.6 Å². The number of hydrogen-bond donors (Lipinski definition) is 3. The van der Waals surface area contributed by atoms with Crippen LogP contribution in [0.3, 0.4) is 0 Å². The number of benzene rings is 1. The van der Waals surface area contributed by atoms with Crippen LogP contribution in [-0.4, -0.2) is 29.8 Å². The molecule has 0 saturated heterocycles. The highest BCUT2D eigenvalue weighted by atomic mass is 19.1. The molecule has 2 amide bonds. The van der Waals surface area contributed by atoms with Crippen molar-refractivity contribution in [2.45, 2.75) is 50.7 Å². The van der Waals surface area contributed by atoms with Gasteiger partial charge in [0.1, 0.15) is 11.6 Å². The lowest BCUT2D eigenvalue weighted by Gasteiger charge is -2.28. The number of aliphatic hydroxyl groups is 1. The zero-order valence-corrected chi connectivity index (χ0v) is 12.6. The summed E-state index contributed by atoms with van der Waals surface area (Å²) in [6, 6.07) is 2.82. The molecule has 0 aliphatic heterocycles. The van der Waals surface area contributed by atoms with Gasteiger partial charge in [0, 0.05) is 18.5 Å². The van der Waals surface area contributed by atoms with Crippen molar-refractivity contribution < 1.29 is 18.7 Å². The molecule has 4 nitrogen and oxygen atoms in total. The topological polar surface area (TPSA) is 61.4 Å². The van der Waals surface area contributed by atoms with Crippen LogP contribution in [0.1, 0.15) is 44.1 Å². The van der Waals surface area contributed by atoms with Gasteiger partial charge in [0.2, 0.25) is 0 Å². The highest BCUT2D eigenvalue weighted by Crippen LogP contribution is 2.20. The summed E-state index contributed by atoms with van der Waals surface area (Å²) in [5.74, 6) is -1.51. The van der Waals surface area contributed by atoms with Gasteiger partial charge >= 0.3 is 6.03 Å². The molecular weight excluding hydrogens is 290 g/mol. The standard InChI is InChI=1S/C16H22F2N2O2/c1-10(12-7-6-11(17)8-13(12)18)9-19-16(22)20-14-4-2-3-5-15(14)21/h6-8,10,14-15,21H,2-5,9H2,1H3,(H2,19,20,22). The Labute approximate surface area is 128 Å². The Hall–Kier alpha value is -1.69. The van der Waals surface area contributed by atoms with Crippen LogP contribution < -0.4 is 10.6 Å². The van der Waals surface area contributed by atoms with Gasteiger partial charge in [-0.05, 0) is 24.5 Å². The van der Waals surface area contributed by atoms with Gasteiger partial charge in [0.05, 0.1) is 12.1 Å². The fraction of sp³-hybridized carbons (Fsp3) is 0.562. The molecule has 1 fully saturated rings. The Morgan fingerprint density at radius 1 is 1.36 bits per heavy atom. The summed E-state index contributed by atoms with van der Waals surface area (Å²) >= 11 is 0. The monoisotopic (exact) mass is 312 g/mol. The summed E-state index contributed by atoms with van der Waals surface area (Å²) in [7, 11) is 0. The highest BCUT2D eigenvalue weighted by molar-refractivity contribution is 5.74. The Balaban J connectivity index is 1.82. The molecule has 1 aromatic rings. The van der Waals surface area contributed by atoms with Crippen molar-refractivity contribution in [3.8, 4) is 0 Å². The van der Waals surface area contributed by atoms with Crippen molar-refractivity contribution in [3.05, 3.63) is 35.4 Å². The Morgan fingerprint density at radius 2 is 2.09 bits per heavy atom. The fourth-order valence-electron chi connectivity index (χ4n) is 2.76. The molecule has 3 atom stereocenters. The third kappa shape index (κ3) is 4.40. The number of rotatable bonds is 4. The maximum atomic E-state index is 13.6. The molecule has 0 bridgehead atoms. The third-order valence-corrected chi connectivity index (χ3v) is 4.11. The van der Waals surface area contributed by atoms with Crippen LogP contribution in [0.5, 0.6) is 0 Å². The minimum absolute atomic E-state index is 0.230. The number of aliphatic hydroxyl groups excluding tert-OH is 1.